The maximum absolute atomic E-state index is 6.00. The molecule has 0 bridgehead atoms. The summed E-state index contributed by atoms with van der Waals surface area (Å²) in [6.07, 6.45) is 16.3. The van der Waals surface area contributed by atoms with Crippen LogP contribution in [-0.2, 0) is 4.74 Å². The molecule has 0 unspecified atom stereocenters. The summed E-state index contributed by atoms with van der Waals surface area (Å²) in [4.78, 5) is 0. The first-order valence-corrected chi connectivity index (χ1v) is 14.3. The van der Waals surface area contributed by atoms with Gasteiger partial charge in [0.05, 0.1) is 6.10 Å². The second kappa shape index (κ2) is 7.01. The normalized spacial score (nSPS) is 59.3. The summed E-state index contributed by atoms with van der Waals surface area (Å²) in [5, 5.41) is 0. The molecule has 0 aromatic rings. The molecule has 0 N–H and O–H groups in total. The van der Waals surface area contributed by atoms with E-state index in [2.05, 4.69) is 55.4 Å². The molecule has 5 aliphatic carbocycles. The van der Waals surface area contributed by atoms with Crippen molar-refractivity contribution in [3.05, 3.63) is 0 Å². The van der Waals surface area contributed by atoms with Gasteiger partial charge < -0.3 is 4.74 Å². The Hall–Kier alpha value is -0.0400. The highest BCUT2D eigenvalue weighted by molar-refractivity contribution is 5.19. The zero-order valence-electron chi connectivity index (χ0n) is 23.1. The van der Waals surface area contributed by atoms with Gasteiger partial charge in [0.1, 0.15) is 0 Å². The molecule has 1 heteroatoms. The molecule has 0 heterocycles. The molecule has 0 aliphatic heterocycles. The first kappa shape index (κ1) is 23.7. The van der Waals surface area contributed by atoms with E-state index in [9.17, 15) is 0 Å². The molecule has 0 amide bonds. The monoisotopic (exact) mass is 442 g/mol. The van der Waals surface area contributed by atoms with Crippen LogP contribution in [0.1, 0.15) is 126 Å². The summed E-state index contributed by atoms with van der Waals surface area (Å²) < 4.78 is 6.00. The molecule has 0 aromatic heterocycles. The van der Waals surface area contributed by atoms with Crippen molar-refractivity contribution in [2.24, 2.45) is 56.2 Å². The van der Waals surface area contributed by atoms with Gasteiger partial charge in [0, 0.05) is 7.11 Å². The Kier molecular flexibility index (Phi) is 5.19. The Morgan fingerprint density at radius 3 is 1.91 bits per heavy atom. The molecule has 0 radical (unpaired) electrons. The van der Waals surface area contributed by atoms with Gasteiger partial charge in [0.15, 0.2) is 0 Å². The lowest BCUT2D eigenvalue weighted by Crippen LogP contribution is -2.68. The second-order valence-electron chi connectivity index (χ2n) is 15.7. The van der Waals surface area contributed by atoms with Crippen LogP contribution in [0.2, 0.25) is 0 Å². The average Bonchev–Trinajstić information content (AvgIpc) is 2.72. The van der Waals surface area contributed by atoms with E-state index in [1.807, 2.05) is 7.11 Å². The molecule has 5 rings (SSSR count). The fourth-order valence-corrected chi connectivity index (χ4v) is 11.7. The average molecular weight is 443 g/mol. The fourth-order valence-electron chi connectivity index (χ4n) is 11.7. The molecule has 1 nitrogen and oxygen atoms in total. The number of hydrogen-bond acceptors (Lipinski definition) is 1. The molecule has 184 valence electrons. The molecule has 0 aromatic carbocycles. The standard InChI is InChI=1S/C31H54O/c1-21-22(32-9)10-11-23-28(21,5)13-12-24-29(23,6)17-19-31(8)25-20-26(2,3)14-15-27(25,4)16-18-30(24,31)7/h21-25H,10-20H2,1-9H3/t21-,22-,23+,24-,25+,27+,28+,29-,30+,31-/m0/s1. The highest BCUT2D eigenvalue weighted by Crippen LogP contribution is 2.78. The van der Waals surface area contributed by atoms with Crippen LogP contribution < -0.4 is 0 Å². The Balaban J connectivity index is 1.52. The van der Waals surface area contributed by atoms with Gasteiger partial charge >= 0.3 is 0 Å². The van der Waals surface area contributed by atoms with Gasteiger partial charge in [-0.1, -0.05) is 55.4 Å². The molecule has 0 saturated heterocycles. The largest absolute Gasteiger partial charge is 0.381 e. The number of methoxy groups -OCH3 is 1. The number of rotatable bonds is 1. The van der Waals surface area contributed by atoms with E-state index in [0.717, 1.165) is 17.8 Å². The van der Waals surface area contributed by atoms with Crippen molar-refractivity contribution in [3.8, 4) is 0 Å². The van der Waals surface area contributed by atoms with E-state index < -0.39 is 0 Å². The molecular weight excluding hydrogens is 388 g/mol. The summed E-state index contributed by atoms with van der Waals surface area (Å²) in [5.74, 6) is 3.40. The van der Waals surface area contributed by atoms with Crippen LogP contribution in [0.3, 0.4) is 0 Å². The second-order valence-corrected chi connectivity index (χ2v) is 15.7. The lowest BCUT2D eigenvalue weighted by Gasteiger charge is -2.75. The number of fused-ring (bicyclic) bond motifs is 7. The van der Waals surface area contributed by atoms with E-state index >= 15 is 0 Å². The van der Waals surface area contributed by atoms with Crippen LogP contribution in [0.5, 0.6) is 0 Å². The van der Waals surface area contributed by atoms with Gasteiger partial charge in [-0.3, -0.25) is 0 Å². The first-order valence-electron chi connectivity index (χ1n) is 14.3. The molecule has 10 atom stereocenters. The van der Waals surface area contributed by atoms with Crippen molar-refractivity contribution in [2.75, 3.05) is 7.11 Å². The third-order valence-corrected chi connectivity index (χ3v) is 14.2. The van der Waals surface area contributed by atoms with E-state index in [-0.39, 0.29) is 0 Å². The lowest BCUT2D eigenvalue weighted by atomic mass is 9.30. The van der Waals surface area contributed by atoms with Crippen molar-refractivity contribution in [2.45, 2.75) is 132 Å². The Bertz CT molecular complexity index is 756. The van der Waals surface area contributed by atoms with E-state index in [1.165, 1.54) is 70.6 Å². The predicted molar refractivity (Wildman–Crippen MR) is 136 cm³/mol. The Labute approximate surface area is 200 Å². The minimum Gasteiger partial charge on any atom is -0.381 e. The van der Waals surface area contributed by atoms with Gasteiger partial charge in [-0.05, 0) is 127 Å². The summed E-state index contributed by atoms with van der Waals surface area (Å²) in [6, 6.07) is 0. The third-order valence-electron chi connectivity index (χ3n) is 14.2. The van der Waals surface area contributed by atoms with Crippen LogP contribution in [0.4, 0.5) is 0 Å². The van der Waals surface area contributed by atoms with Crippen LogP contribution in [-0.4, -0.2) is 13.2 Å². The zero-order valence-corrected chi connectivity index (χ0v) is 23.1. The quantitative estimate of drug-likeness (QED) is 0.394. The highest BCUT2D eigenvalue weighted by atomic mass is 16.5. The SMILES string of the molecule is CO[C@H]1CC[C@@H]2[C@](C)(CC[C@H]3[C@@]2(C)CC[C@@]2(C)[C@@H]4CC(C)(C)CC[C@]4(C)CC[C@]32C)[C@H]1C. The van der Waals surface area contributed by atoms with E-state index in [4.69, 9.17) is 4.74 Å². The fraction of sp³-hybridized carbons (Fsp3) is 1.00. The van der Waals surface area contributed by atoms with Gasteiger partial charge in [-0.2, -0.15) is 0 Å². The maximum Gasteiger partial charge on any atom is 0.0602 e. The minimum absolute atomic E-state index is 0.463. The van der Waals surface area contributed by atoms with E-state index in [0.29, 0.717) is 44.5 Å². The molecule has 32 heavy (non-hydrogen) atoms. The molecular formula is C31H54O. The molecule has 5 fully saturated rings. The minimum atomic E-state index is 0.463. The first-order chi connectivity index (χ1) is 14.8. The van der Waals surface area contributed by atoms with Crippen LogP contribution in [0.15, 0.2) is 0 Å². The molecule has 5 aliphatic rings. The smallest absolute Gasteiger partial charge is 0.0602 e. The summed E-state index contributed by atoms with van der Waals surface area (Å²) in [7, 11) is 1.95. The Morgan fingerprint density at radius 2 is 1.22 bits per heavy atom. The number of hydrogen-bond donors (Lipinski definition) is 0. The van der Waals surface area contributed by atoms with Gasteiger partial charge in [-0.25, -0.2) is 0 Å². The van der Waals surface area contributed by atoms with Crippen molar-refractivity contribution >= 4 is 0 Å². The van der Waals surface area contributed by atoms with Gasteiger partial charge in [0.25, 0.3) is 0 Å². The summed E-state index contributed by atoms with van der Waals surface area (Å²) >= 11 is 0. The van der Waals surface area contributed by atoms with Crippen LogP contribution in [0, 0.1) is 56.2 Å². The summed E-state index contributed by atoms with van der Waals surface area (Å²) in [6.45, 7) is 21.4. The highest BCUT2D eigenvalue weighted by Gasteiger charge is 2.70. The van der Waals surface area contributed by atoms with E-state index in [1.54, 1.807) is 0 Å². The van der Waals surface area contributed by atoms with Crippen molar-refractivity contribution in [1.82, 2.24) is 0 Å². The zero-order chi connectivity index (χ0) is 23.4. The predicted octanol–water partition coefficient (Wildman–Crippen LogP) is 8.90. The maximum atomic E-state index is 6.00. The molecule has 0 spiro atoms. The summed E-state index contributed by atoms with van der Waals surface area (Å²) in [5.41, 5.74) is 3.14. The van der Waals surface area contributed by atoms with Gasteiger partial charge in [0.2, 0.25) is 0 Å². The third kappa shape index (κ3) is 2.85. The number of ether oxygens (including phenoxy) is 1. The lowest BCUT2D eigenvalue weighted by molar-refractivity contribution is -0.263. The molecule has 5 saturated carbocycles. The van der Waals surface area contributed by atoms with Crippen molar-refractivity contribution < 1.29 is 4.74 Å². The van der Waals surface area contributed by atoms with Crippen LogP contribution in [0.25, 0.3) is 0 Å². The topological polar surface area (TPSA) is 9.23 Å². The van der Waals surface area contributed by atoms with Crippen LogP contribution >= 0.6 is 0 Å². The van der Waals surface area contributed by atoms with Crippen molar-refractivity contribution in [1.29, 1.82) is 0 Å². The van der Waals surface area contributed by atoms with Gasteiger partial charge in [-0.15, -0.1) is 0 Å². The Morgan fingerprint density at radius 1 is 0.594 bits per heavy atom. The van der Waals surface area contributed by atoms with Crippen molar-refractivity contribution in [3.63, 3.8) is 0 Å².